The average Bonchev–Trinajstić information content (AvgIpc) is 2.67. The van der Waals surface area contributed by atoms with E-state index >= 15 is 0 Å². The summed E-state index contributed by atoms with van der Waals surface area (Å²) in [5.41, 5.74) is 1.09. The first kappa shape index (κ1) is 21.4. The molecule has 0 radical (unpaired) electrons. The molecule has 2 aromatic heterocycles. The van der Waals surface area contributed by atoms with Gasteiger partial charge in [0.05, 0.1) is 11.4 Å². The summed E-state index contributed by atoms with van der Waals surface area (Å²) in [4.78, 5) is 16.3. The minimum Gasteiger partial charge on any atom is -0.454 e. The highest BCUT2D eigenvalue weighted by Crippen LogP contribution is 2.30. The lowest BCUT2D eigenvalue weighted by molar-refractivity contribution is 0.437. The van der Waals surface area contributed by atoms with Crippen LogP contribution in [-0.4, -0.2) is 23.7 Å². The molecule has 0 spiro atoms. The Bertz CT molecular complexity index is 1250. The highest BCUT2D eigenvalue weighted by Gasteiger charge is 2.15. The molecule has 0 unspecified atom stereocenters. The molecular formula is C20H19F2N3O4S. The van der Waals surface area contributed by atoms with Crippen molar-refractivity contribution in [3.05, 3.63) is 70.1 Å². The van der Waals surface area contributed by atoms with Crippen molar-refractivity contribution >= 4 is 15.8 Å². The molecule has 2 heterocycles. The van der Waals surface area contributed by atoms with Gasteiger partial charge >= 0.3 is 0 Å². The summed E-state index contributed by atoms with van der Waals surface area (Å²) in [5, 5.41) is 0. The number of halogens is 2. The normalized spacial score (nSPS) is 11.4. The molecule has 0 saturated heterocycles. The van der Waals surface area contributed by atoms with Gasteiger partial charge in [0.25, 0.3) is 5.56 Å². The number of anilines is 1. The number of hydrogen-bond donors (Lipinski definition) is 1. The van der Waals surface area contributed by atoms with Gasteiger partial charge in [-0.05, 0) is 32.0 Å². The van der Waals surface area contributed by atoms with E-state index in [4.69, 9.17) is 4.74 Å². The molecule has 0 aliphatic carbocycles. The van der Waals surface area contributed by atoms with Crippen molar-refractivity contribution in [3.8, 4) is 22.8 Å². The summed E-state index contributed by atoms with van der Waals surface area (Å²) in [6, 6.07) is 7.19. The van der Waals surface area contributed by atoms with Gasteiger partial charge in [-0.2, -0.15) is 0 Å². The van der Waals surface area contributed by atoms with Crippen molar-refractivity contribution in [1.82, 2.24) is 9.55 Å². The molecule has 0 amide bonds. The fourth-order valence-electron chi connectivity index (χ4n) is 2.70. The molecule has 0 aliphatic heterocycles. The lowest BCUT2D eigenvalue weighted by atomic mass is 10.1. The number of sulfonamides is 1. The van der Waals surface area contributed by atoms with Crippen LogP contribution in [0, 0.1) is 18.6 Å². The highest BCUT2D eigenvalue weighted by atomic mass is 32.2. The van der Waals surface area contributed by atoms with E-state index in [-0.39, 0.29) is 28.6 Å². The highest BCUT2D eigenvalue weighted by molar-refractivity contribution is 7.92. The Morgan fingerprint density at radius 3 is 2.53 bits per heavy atom. The van der Waals surface area contributed by atoms with E-state index in [1.165, 1.54) is 29.8 Å². The minimum atomic E-state index is -3.64. The number of aryl methyl sites for hydroxylation is 2. The molecule has 158 valence electrons. The van der Waals surface area contributed by atoms with Gasteiger partial charge in [-0.15, -0.1) is 0 Å². The SMILES string of the molecule is CCS(=O)(=O)Nc1cc(Oc2ccc(F)cc2F)cc(-c2cc(C)c(=O)n(C)c2)n1. The van der Waals surface area contributed by atoms with Crippen LogP contribution < -0.4 is 15.0 Å². The zero-order chi connectivity index (χ0) is 22.1. The van der Waals surface area contributed by atoms with Crippen LogP contribution in [-0.2, 0) is 17.1 Å². The lowest BCUT2D eigenvalue weighted by Crippen LogP contribution is -2.18. The van der Waals surface area contributed by atoms with Gasteiger partial charge in [0.15, 0.2) is 11.6 Å². The number of ether oxygens (including phenoxy) is 1. The maximum Gasteiger partial charge on any atom is 0.253 e. The summed E-state index contributed by atoms with van der Waals surface area (Å²) >= 11 is 0. The maximum absolute atomic E-state index is 14.0. The van der Waals surface area contributed by atoms with Gasteiger partial charge in [-0.25, -0.2) is 22.2 Å². The fraction of sp³-hybridized carbons (Fsp3) is 0.200. The van der Waals surface area contributed by atoms with Crippen LogP contribution in [0.15, 0.2) is 47.4 Å². The smallest absolute Gasteiger partial charge is 0.253 e. The predicted octanol–water partition coefficient (Wildman–Crippen LogP) is 3.59. The van der Waals surface area contributed by atoms with E-state index in [0.29, 0.717) is 22.9 Å². The summed E-state index contributed by atoms with van der Waals surface area (Å²) in [5.74, 6) is -2.06. The van der Waals surface area contributed by atoms with Gasteiger partial charge in [0.1, 0.15) is 17.4 Å². The summed E-state index contributed by atoms with van der Waals surface area (Å²) < 4.78 is 60.4. The van der Waals surface area contributed by atoms with Crippen molar-refractivity contribution in [3.63, 3.8) is 0 Å². The van der Waals surface area contributed by atoms with E-state index < -0.39 is 21.7 Å². The molecule has 0 fully saturated rings. The lowest BCUT2D eigenvalue weighted by Gasteiger charge is -2.13. The molecule has 3 rings (SSSR count). The quantitative estimate of drug-likeness (QED) is 0.639. The zero-order valence-electron chi connectivity index (χ0n) is 16.4. The van der Waals surface area contributed by atoms with E-state index in [1.807, 2.05) is 0 Å². The Kier molecular flexibility index (Phi) is 5.88. The van der Waals surface area contributed by atoms with Crippen molar-refractivity contribution in [2.24, 2.45) is 7.05 Å². The first-order valence-electron chi connectivity index (χ1n) is 8.91. The van der Waals surface area contributed by atoms with Gasteiger partial charge in [-0.1, -0.05) is 0 Å². The molecule has 0 atom stereocenters. The molecule has 7 nitrogen and oxygen atoms in total. The largest absolute Gasteiger partial charge is 0.454 e. The number of nitrogens with zero attached hydrogens (tertiary/aromatic N) is 2. The van der Waals surface area contributed by atoms with Crippen LogP contribution in [0.2, 0.25) is 0 Å². The van der Waals surface area contributed by atoms with Gasteiger partial charge in [0.2, 0.25) is 10.0 Å². The first-order valence-corrected chi connectivity index (χ1v) is 10.6. The van der Waals surface area contributed by atoms with Gasteiger partial charge in [0, 0.05) is 42.6 Å². The van der Waals surface area contributed by atoms with Crippen molar-refractivity contribution < 1.29 is 21.9 Å². The van der Waals surface area contributed by atoms with Crippen LogP contribution in [0.4, 0.5) is 14.6 Å². The number of nitrogens with one attached hydrogen (secondary N) is 1. The monoisotopic (exact) mass is 435 g/mol. The van der Waals surface area contributed by atoms with Crippen LogP contribution in [0.1, 0.15) is 12.5 Å². The second kappa shape index (κ2) is 8.23. The average molecular weight is 435 g/mol. The topological polar surface area (TPSA) is 90.3 Å². The fourth-order valence-corrected chi connectivity index (χ4v) is 3.27. The van der Waals surface area contributed by atoms with E-state index in [2.05, 4.69) is 9.71 Å². The standard InChI is InChI=1S/C20H19F2N3O4S/c1-4-30(27,28)24-19-10-15(29-18-6-5-14(21)8-16(18)22)9-17(23-19)13-7-12(2)20(26)25(3)11-13/h5-11H,4H2,1-3H3,(H,23,24). The Morgan fingerprint density at radius 2 is 1.90 bits per heavy atom. The molecular weight excluding hydrogens is 416 g/mol. The Morgan fingerprint density at radius 1 is 1.17 bits per heavy atom. The molecule has 3 aromatic rings. The number of rotatable bonds is 6. The molecule has 1 N–H and O–H groups in total. The third kappa shape index (κ3) is 4.82. The number of pyridine rings is 2. The van der Waals surface area contributed by atoms with E-state index in [0.717, 1.165) is 12.1 Å². The molecule has 0 bridgehead atoms. The Balaban J connectivity index is 2.12. The van der Waals surface area contributed by atoms with Gasteiger partial charge in [-0.3, -0.25) is 9.52 Å². The summed E-state index contributed by atoms with van der Waals surface area (Å²) in [6.45, 7) is 3.11. The molecule has 1 aromatic carbocycles. The molecule has 0 saturated carbocycles. The molecule has 10 heteroatoms. The van der Waals surface area contributed by atoms with E-state index in [1.54, 1.807) is 20.0 Å². The Labute approximate surface area is 172 Å². The van der Waals surface area contributed by atoms with Crippen LogP contribution in [0.3, 0.4) is 0 Å². The third-order valence-corrected chi connectivity index (χ3v) is 5.50. The number of hydrogen-bond acceptors (Lipinski definition) is 5. The third-order valence-electron chi connectivity index (χ3n) is 4.22. The van der Waals surface area contributed by atoms with Crippen molar-refractivity contribution in [1.29, 1.82) is 0 Å². The summed E-state index contributed by atoms with van der Waals surface area (Å²) in [6.07, 6.45) is 1.54. The minimum absolute atomic E-state index is 0.0432. The van der Waals surface area contributed by atoms with Crippen molar-refractivity contribution in [2.45, 2.75) is 13.8 Å². The van der Waals surface area contributed by atoms with Crippen LogP contribution in [0.5, 0.6) is 11.5 Å². The Hall–Kier alpha value is -3.27. The van der Waals surface area contributed by atoms with Crippen molar-refractivity contribution in [2.75, 3.05) is 10.5 Å². The second-order valence-corrected chi connectivity index (χ2v) is 8.59. The first-order chi connectivity index (χ1) is 14.1. The maximum atomic E-state index is 14.0. The second-order valence-electron chi connectivity index (χ2n) is 6.58. The number of benzene rings is 1. The molecule has 30 heavy (non-hydrogen) atoms. The zero-order valence-corrected chi connectivity index (χ0v) is 17.3. The van der Waals surface area contributed by atoms with E-state index in [9.17, 15) is 22.0 Å². The van der Waals surface area contributed by atoms with Gasteiger partial charge < -0.3 is 9.30 Å². The predicted molar refractivity (Wildman–Crippen MR) is 109 cm³/mol. The van der Waals surface area contributed by atoms with Crippen LogP contribution >= 0.6 is 0 Å². The molecule has 0 aliphatic rings. The van der Waals surface area contributed by atoms with Crippen LogP contribution in [0.25, 0.3) is 11.3 Å². The number of aromatic nitrogens is 2. The summed E-state index contributed by atoms with van der Waals surface area (Å²) in [7, 11) is -2.07.